The molecule has 0 radical (unpaired) electrons. The molecule has 0 atom stereocenters. The Hall–Kier alpha value is -3.03. The van der Waals surface area contributed by atoms with Crippen LogP contribution in [0.15, 0.2) is 48.5 Å². The van der Waals surface area contributed by atoms with Crippen molar-refractivity contribution in [2.24, 2.45) is 0 Å². The third kappa shape index (κ3) is 6.73. The first-order valence-electron chi connectivity index (χ1n) is 10.4. The van der Waals surface area contributed by atoms with Gasteiger partial charge < -0.3 is 15.5 Å². The fourth-order valence-corrected chi connectivity index (χ4v) is 3.53. The molecule has 2 N–H and O–H groups in total. The van der Waals surface area contributed by atoms with Crippen molar-refractivity contribution >= 4 is 23.2 Å². The SMILES string of the molecule is O=C(NCCc1ccc(N2CCCCCC2)cc1)C(=O)Nc1ccc(C(F)(F)F)cc1. The predicted molar refractivity (Wildman–Crippen MR) is 114 cm³/mol. The minimum absolute atomic E-state index is 0.122. The Balaban J connectivity index is 1.43. The van der Waals surface area contributed by atoms with Gasteiger partial charge in [0.05, 0.1) is 5.56 Å². The van der Waals surface area contributed by atoms with Gasteiger partial charge >= 0.3 is 18.0 Å². The third-order valence-electron chi connectivity index (χ3n) is 5.28. The Morgan fingerprint density at radius 1 is 0.839 bits per heavy atom. The van der Waals surface area contributed by atoms with Crippen molar-refractivity contribution in [2.75, 3.05) is 29.9 Å². The van der Waals surface area contributed by atoms with Gasteiger partial charge in [0.2, 0.25) is 0 Å². The topological polar surface area (TPSA) is 61.4 Å². The van der Waals surface area contributed by atoms with E-state index in [2.05, 4.69) is 27.7 Å². The summed E-state index contributed by atoms with van der Waals surface area (Å²) in [5.74, 6) is -1.75. The molecule has 1 saturated heterocycles. The van der Waals surface area contributed by atoms with E-state index in [4.69, 9.17) is 0 Å². The largest absolute Gasteiger partial charge is 0.416 e. The zero-order chi connectivity index (χ0) is 22.3. The van der Waals surface area contributed by atoms with Gasteiger partial charge in [0, 0.05) is 31.0 Å². The van der Waals surface area contributed by atoms with Gasteiger partial charge in [0.25, 0.3) is 0 Å². The van der Waals surface area contributed by atoms with Crippen molar-refractivity contribution in [3.05, 3.63) is 59.7 Å². The van der Waals surface area contributed by atoms with Crippen LogP contribution in [0.2, 0.25) is 0 Å². The second kappa shape index (κ2) is 10.3. The van der Waals surface area contributed by atoms with E-state index < -0.39 is 23.6 Å². The van der Waals surface area contributed by atoms with Crippen LogP contribution < -0.4 is 15.5 Å². The minimum Gasteiger partial charge on any atom is -0.372 e. The molecular weight excluding hydrogens is 407 g/mol. The molecule has 2 aromatic rings. The molecule has 2 aromatic carbocycles. The molecule has 0 aromatic heterocycles. The molecule has 0 aliphatic carbocycles. The van der Waals surface area contributed by atoms with Gasteiger partial charge in [-0.05, 0) is 61.2 Å². The summed E-state index contributed by atoms with van der Waals surface area (Å²) < 4.78 is 37.7. The van der Waals surface area contributed by atoms with Crippen molar-refractivity contribution in [3.8, 4) is 0 Å². The number of carbonyl (C=O) groups excluding carboxylic acids is 2. The fraction of sp³-hybridized carbons (Fsp3) is 0.391. The molecule has 0 bridgehead atoms. The first kappa shape index (κ1) is 22.7. The van der Waals surface area contributed by atoms with Gasteiger partial charge in [0.15, 0.2) is 0 Å². The zero-order valence-corrected chi connectivity index (χ0v) is 17.2. The molecule has 8 heteroatoms. The van der Waals surface area contributed by atoms with Gasteiger partial charge in [-0.1, -0.05) is 25.0 Å². The lowest BCUT2D eigenvalue weighted by Gasteiger charge is -2.22. The average Bonchev–Trinajstić information content (AvgIpc) is 3.03. The van der Waals surface area contributed by atoms with Crippen LogP contribution in [0.25, 0.3) is 0 Å². The summed E-state index contributed by atoms with van der Waals surface area (Å²) in [5.41, 5.74) is 1.54. The molecule has 0 saturated carbocycles. The zero-order valence-electron chi connectivity index (χ0n) is 17.2. The number of nitrogens with zero attached hydrogens (tertiary/aromatic N) is 1. The van der Waals surface area contributed by atoms with E-state index in [1.165, 1.54) is 31.4 Å². The van der Waals surface area contributed by atoms with Crippen molar-refractivity contribution in [1.29, 1.82) is 0 Å². The molecule has 5 nitrogen and oxygen atoms in total. The molecular formula is C23H26F3N3O2. The lowest BCUT2D eigenvalue weighted by molar-refractivity contribution is -0.137. The normalized spacial score (nSPS) is 14.6. The summed E-state index contributed by atoms with van der Waals surface area (Å²) in [7, 11) is 0. The van der Waals surface area contributed by atoms with Gasteiger partial charge in [-0.15, -0.1) is 0 Å². The fourth-order valence-electron chi connectivity index (χ4n) is 3.53. The molecule has 166 valence electrons. The first-order valence-corrected chi connectivity index (χ1v) is 10.4. The number of carbonyl (C=O) groups is 2. The van der Waals surface area contributed by atoms with E-state index >= 15 is 0 Å². The van der Waals surface area contributed by atoms with Crippen LogP contribution in [0.4, 0.5) is 24.5 Å². The monoisotopic (exact) mass is 433 g/mol. The minimum atomic E-state index is -4.45. The lowest BCUT2D eigenvalue weighted by Crippen LogP contribution is -2.36. The maximum absolute atomic E-state index is 12.6. The Kier molecular flexibility index (Phi) is 7.55. The van der Waals surface area contributed by atoms with E-state index in [-0.39, 0.29) is 12.2 Å². The molecule has 1 heterocycles. The number of nitrogens with one attached hydrogen (secondary N) is 2. The summed E-state index contributed by atoms with van der Waals surface area (Å²) in [6, 6.07) is 12.1. The van der Waals surface area contributed by atoms with E-state index in [1.54, 1.807) is 0 Å². The van der Waals surface area contributed by atoms with Crippen LogP contribution in [-0.4, -0.2) is 31.4 Å². The summed E-state index contributed by atoms with van der Waals surface area (Å²) in [4.78, 5) is 26.3. The highest BCUT2D eigenvalue weighted by atomic mass is 19.4. The van der Waals surface area contributed by atoms with Gasteiger partial charge in [0.1, 0.15) is 0 Å². The molecule has 1 aliphatic rings. The van der Waals surface area contributed by atoms with Gasteiger partial charge in [-0.3, -0.25) is 9.59 Å². The summed E-state index contributed by atoms with van der Waals surface area (Å²) in [5, 5.41) is 4.83. The number of hydrogen-bond acceptors (Lipinski definition) is 3. The Morgan fingerprint density at radius 3 is 2.03 bits per heavy atom. The van der Waals surface area contributed by atoms with Crippen LogP contribution >= 0.6 is 0 Å². The Labute approximate surface area is 179 Å². The third-order valence-corrected chi connectivity index (χ3v) is 5.28. The summed E-state index contributed by atoms with van der Waals surface area (Å²) in [6.07, 6.45) is 1.09. The highest BCUT2D eigenvalue weighted by Crippen LogP contribution is 2.29. The molecule has 3 rings (SSSR count). The summed E-state index contributed by atoms with van der Waals surface area (Å²) >= 11 is 0. The van der Waals surface area contributed by atoms with Crippen LogP contribution in [0.1, 0.15) is 36.8 Å². The van der Waals surface area contributed by atoms with Crippen LogP contribution in [0, 0.1) is 0 Å². The van der Waals surface area contributed by atoms with Crippen molar-refractivity contribution in [3.63, 3.8) is 0 Å². The van der Waals surface area contributed by atoms with Crippen LogP contribution in [0.5, 0.6) is 0 Å². The number of alkyl halides is 3. The molecule has 0 unspecified atom stereocenters. The number of benzene rings is 2. The van der Waals surface area contributed by atoms with Gasteiger partial charge in [-0.2, -0.15) is 13.2 Å². The Morgan fingerprint density at radius 2 is 1.45 bits per heavy atom. The Bertz CT molecular complexity index is 872. The number of anilines is 2. The van der Waals surface area contributed by atoms with Gasteiger partial charge in [-0.25, -0.2) is 0 Å². The van der Waals surface area contributed by atoms with E-state index in [1.807, 2.05) is 12.1 Å². The average molecular weight is 433 g/mol. The number of halogens is 3. The number of hydrogen-bond donors (Lipinski definition) is 2. The summed E-state index contributed by atoms with van der Waals surface area (Å²) in [6.45, 7) is 2.43. The lowest BCUT2D eigenvalue weighted by atomic mass is 10.1. The maximum Gasteiger partial charge on any atom is 0.416 e. The number of rotatable bonds is 5. The second-order valence-corrected chi connectivity index (χ2v) is 7.60. The van der Waals surface area contributed by atoms with E-state index in [0.29, 0.717) is 6.42 Å². The van der Waals surface area contributed by atoms with Crippen LogP contribution in [0.3, 0.4) is 0 Å². The molecule has 0 spiro atoms. The first-order chi connectivity index (χ1) is 14.8. The highest BCUT2D eigenvalue weighted by Gasteiger charge is 2.30. The van der Waals surface area contributed by atoms with Crippen LogP contribution in [-0.2, 0) is 22.2 Å². The molecule has 31 heavy (non-hydrogen) atoms. The van der Waals surface area contributed by atoms with Crippen molar-refractivity contribution in [2.45, 2.75) is 38.3 Å². The van der Waals surface area contributed by atoms with E-state index in [0.717, 1.165) is 42.9 Å². The van der Waals surface area contributed by atoms with E-state index in [9.17, 15) is 22.8 Å². The second-order valence-electron chi connectivity index (χ2n) is 7.60. The number of amides is 2. The highest BCUT2D eigenvalue weighted by molar-refractivity contribution is 6.39. The quantitative estimate of drug-likeness (QED) is 0.688. The maximum atomic E-state index is 12.6. The molecule has 1 fully saturated rings. The molecule has 1 aliphatic heterocycles. The predicted octanol–water partition coefficient (Wildman–Crippen LogP) is 4.38. The standard InChI is InChI=1S/C23H26F3N3O2/c24-23(25,26)18-7-9-19(10-8-18)28-22(31)21(30)27-14-13-17-5-11-20(12-6-17)29-15-3-1-2-4-16-29/h5-12H,1-4,13-16H2,(H,27,30)(H,28,31). The van der Waals surface area contributed by atoms with Crippen molar-refractivity contribution < 1.29 is 22.8 Å². The smallest absolute Gasteiger partial charge is 0.372 e. The van der Waals surface area contributed by atoms with Crippen molar-refractivity contribution in [1.82, 2.24) is 5.32 Å². The molecule has 2 amide bonds.